The van der Waals surface area contributed by atoms with Gasteiger partial charge in [0.25, 0.3) is 10.1 Å². The van der Waals surface area contributed by atoms with Crippen LogP contribution < -0.4 is 4.72 Å². The summed E-state index contributed by atoms with van der Waals surface area (Å²) in [7, 11) is -7.03. The van der Waals surface area contributed by atoms with E-state index >= 15 is 0 Å². The first-order valence-electron chi connectivity index (χ1n) is 8.29. The molecule has 0 atom stereocenters. The van der Waals surface area contributed by atoms with Gasteiger partial charge in [0.05, 0.1) is 12.4 Å². The number of nitrogens with one attached hydrogen (secondary N) is 1. The molecule has 8 heteroatoms. The predicted molar refractivity (Wildman–Crippen MR) is 101 cm³/mol. The van der Waals surface area contributed by atoms with Gasteiger partial charge in [0.1, 0.15) is 5.75 Å². The normalized spacial score (nSPS) is 12.2. The Hall–Kier alpha value is -1.74. The molecule has 0 spiro atoms. The van der Waals surface area contributed by atoms with Gasteiger partial charge >= 0.3 is 0 Å². The molecule has 0 saturated carbocycles. The molecule has 0 bridgehead atoms. The van der Waals surface area contributed by atoms with Crippen molar-refractivity contribution in [3.05, 3.63) is 71.8 Å². The van der Waals surface area contributed by atoms with Crippen LogP contribution in [0.2, 0.25) is 0 Å². The minimum absolute atomic E-state index is 0.0373. The number of sulfonamides is 1. The molecule has 0 fully saturated rings. The van der Waals surface area contributed by atoms with E-state index < -0.39 is 20.1 Å². The Kier molecular flexibility index (Phi) is 7.77. The van der Waals surface area contributed by atoms with E-state index in [9.17, 15) is 16.8 Å². The molecule has 0 radical (unpaired) electrons. The van der Waals surface area contributed by atoms with Crippen molar-refractivity contribution in [3.63, 3.8) is 0 Å². The fourth-order valence-corrected chi connectivity index (χ4v) is 4.55. The van der Waals surface area contributed by atoms with Gasteiger partial charge in [0, 0.05) is 6.54 Å². The highest BCUT2D eigenvalue weighted by molar-refractivity contribution is 7.88. The van der Waals surface area contributed by atoms with Crippen molar-refractivity contribution in [2.45, 2.75) is 24.3 Å². The minimum Gasteiger partial charge on any atom is -0.270 e. The lowest BCUT2D eigenvalue weighted by Gasteiger charge is -2.08. The lowest BCUT2D eigenvalue weighted by Crippen LogP contribution is -2.26. The summed E-state index contributed by atoms with van der Waals surface area (Å²) in [6.45, 7) is 0.285. The van der Waals surface area contributed by atoms with Crippen LogP contribution in [0.5, 0.6) is 0 Å². The van der Waals surface area contributed by atoms with E-state index in [1.165, 1.54) is 0 Å². The van der Waals surface area contributed by atoms with Gasteiger partial charge in [-0.2, -0.15) is 8.42 Å². The van der Waals surface area contributed by atoms with Gasteiger partial charge in [-0.3, -0.25) is 4.18 Å². The number of hydrogen-bond acceptors (Lipinski definition) is 5. The molecule has 142 valence electrons. The average molecular weight is 398 g/mol. The standard InChI is InChI=1S/C18H23NO5S2/c20-25(21,15-17-9-3-1-4-10-17)19-13-7-8-14-24-26(22,23)16-18-11-5-2-6-12-18/h1-6,9-12,19H,7-8,13-16H2. The Morgan fingerprint density at radius 1 is 0.731 bits per heavy atom. The SMILES string of the molecule is O=S(=O)(Cc1ccccc1)NCCCCOS(=O)(=O)Cc1ccccc1. The third-order valence-corrected chi connectivity index (χ3v) is 6.11. The van der Waals surface area contributed by atoms with E-state index in [0.29, 0.717) is 18.4 Å². The van der Waals surface area contributed by atoms with Crippen molar-refractivity contribution < 1.29 is 21.0 Å². The highest BCUT2D eigenvalue weighted by Crippen LogP contribution is 2.08. The molecule has 26 heavy (non-hydrogen) atoms. The zero-order chi connectivity index (χ0) is 18.9. The van der Waals surface area contributed by atoms with Crippen LogP contribution in [0.25, 0.3) is 0 Å². The molecule has 0 heterocycles. The number of rotatable bonds is 11. The van der Waals surface area contributed by atoms with E-state index in [-0.39, 0.29) is 24.7 Å². The third-order valence-electron chi connectivity index (χ3n) is 3.54. The number of unbranched alkanes of at least 4 members (excludes halogenated alkanes) is 1. The van der Waals surface area contributed by atoms with Crippen molar-refractivity contribution in [2.75, 3.05) is 13.2 Å². The van der Waals surface area contributed by atoms with Crippen molar-refractivity contribution >= 4 is 20.1 Å². The molecule has 1 N–H and O–H groups in total. The Balaban J connectivity index is 1.64. The molecular formula is C18H23NO5S2. The molecule has 0 saturated heterocycles. The summed E-state index contributed by atoms with van der Waals surface area (Å²) in [4.78, 5) is 0. The summed E-state index contributed by atoms with van der Waals surface area (Å²) in [6.07, 6.45) is 0.941. The van der Waals surface area contributed by atoms with Gasteiger partial charge in [-0.05, 0) is 24.0 Å². The van der Waals surface area contributed by atoms with E-state index in [1.54, 1.807) is 48.5 Å². The average Bonchev–Trinajstić information content (AvgIpc) is 2.59. The van der Waals surface area contributed by atoms with Gasteiger partial charge in [-0.15, -0.1) is 0 Å². The van der Waals surface area contributed by atoms with Gasteiger partial charge in [-0.25, -0.2) is 13.1 Å². The van der Waals surface area contributed by atoms with E-state index in [0.717, 1.165) is 5.56 Å². The summed E-state index contributed by atoms with van der Waals surface area (Å²) in [5.74, 6) is -0.243. The van der Waals surface area contributed by atoms with Gasteiger partial charge in [0.15, 0.2) is 0 Å². The first kappa shape index (κ1) is 20.6. The molecule has 0 aliphatic heterocycles. The van der Waals surface area contributed by atoms with Crippen molar-refractivity contribution in [1.29, 1.82) is 0 Å². The summed E-state index contributed by atoms with van der Waals surface area (Å²) >= 11 is 0. The molecule has 0 unspecified atom stereocenters. The lowest BCUT2D eigenvalue weighted by atomic mass is 10.2. The quantitative estimate of drug-likeness (QED) is 0.465. The minimum atomic E-state index is -3.63. The van der Waals surface area contributed by atoms with Crippen LogP contribution in [-0.4, -0.2) is 30.0 Å². The maximum atomic E-state index is 12.0. The summed E-state index contributed by atoms with van der Waals surface area (Å²) < 4.78 is 55.1. The van der Waals surface area contributed by atoms with E-state index in [1.807, 2.05) is 12.1 Å². The maximum Gasteiger partial charge on any atom is 0.271 e. The van der Waals surface area contributed by atoms with Crippen LogP contribution in [0.15, 0.2) is 60.7 Å². The van der Waals surface area contributed by atoms with Crippen LogP contribution in [-0.2, 0) is 35.8 Å². The zero-order valence-electron chi connectivity index (χ0n) is 14.4. The van der Waals surface area contributed by atoms with Crippen LogP contribution in [0, 0.1) is 0 Å². The lowest BCUT2D eigenvalue weighted by molar-refractivity contribution is 0.308. The van der Waals surface area contributed by atoms with Crippen molar-refractivity contribution in [2.24, 2.45) is 0 Å². The molecule has 0 aliphatic carbocycles. The fourth-order valence-electron chi connectivity index (χ4n) is 2.31. The Morgan fingerprint density at radius 3 is 1.85 bits per heavy atom. The summed E-state index contributed by atoms with van der Waals surface area (Å²) in [5.41, 5.74) is 1.39. The Labute approximate surface area is 155 Å². The number of benzene rings is 2. The maximum absolute atomic E-state index is 12.0. The topological polar surface area (TPSA) is 89.5 Å². The smallest absolute Gasteiger partial charge is 0.270 e. The second kappa shape index (κ2) is 9.82. The molecule has 2 rings (SSSR count). The van der Waals surface area contributed by atoms with Crippen LogP contribution in [0.1, 0.15) is 24.0 Å². The summed E-state index contributed by atoms with van der Waals surface area (Å²) in [6, 6.07) is 17.7. The van der Waals surface area contributed by atoms with Gasteiger partial charge < -0.3 is 0 Å². The highest BCUT2D eigenvalue weighted by atomic mass is 32.2. The molecule has 2 aromatic carbocycles. The molecule has 0 amide bonds. The van der Waals surface area contributed by atoms with E-state index in [4.69, 9.17) is 4.18 Å². The number of hydrogen-bond donors (Lipinski definition) is 1. The molecule has 6 nitrogen and oxygen atoms in total. The molecule has 2 aromatic rings. The first-order valence-corrected chi connectivity index (χ1v) is 11.5. The molecular weight excluding hydrogens is 374 g/mol. The van der Waals surface area contributed by atoms with Crippen molar-refractivity contribution in [1.82, 2.24) is 4.72 Å². The first-order chi connectivity index (χ1) is 12.4. The molecule has 0 aliphatic rings. The third kappa shape index (κ3) is 8.09. The van der Waals surface area contributed by atoms with Crippen LogP contribution in [0.3, 0.4) is 0 Å². The molecule has 0 aromatic heterocycles. The van der Waals surface area contributed by atoms with Gasteiger partial charge in [0.2, 0.25) is 10.0 Å². The zero-order valence-corrected chi connectivity index (χ0v) is 16.0. The second-order valence-corrected chi connectivity index (χ2v) is 9.30. The Bertz CT molecular complexity index is 791. The summed E-state index contributed by atoms with van der Waals surface area (Å²) in [5, 5.41) is 0. The largest absolute Gasteiger partial charge is 0.271 e. The van der Waals surface area contributed by atoms with Gasteiger partial charge in [-0.1, -0.05) is 60.7 Å². The van der Waals surface area contributed by atoms with E-state index in [2.05, 4.69) is 4.72 Å². The Morgan fingerprint density at radius 2 is 1.27 bits per heavy atom. The second-order valence-electron chi connectivity index (χ2n) is 5.86. The fraction of sp³-hybridized carbons (Fsp3) is 0.333. The van der Waals surface area contributed by atoms with Crippen molar-refractivity contribution in [3.8, 4) is 0 Å². The van der Waals surface area contributed by atoms with Crippen LogP contribution in [0.4, 0.5) is 0 Å². The highest BCUT2D eigenvalue weighted by Gasteiger charge is 2.13. The van der Waals surface area contributed by atoms with Crippen LogP contribution >= 0.6 is 0 Å². The monoisotopic (exact) mass is 397 g/mol. The predicted octanol–water partition coefficient (Wildman–Crippen LogP) is 2.43.